The molecule has 2 nitrogen and oxygen atoms in total. The van der Waals surface area contributed by atoms with Crippen LogP contribution in [0.3, 0.4) is 0 Å². The van der Waals surface area contributed by atoms with Crippen LogP contribution < -0.4 is 0 Å². The van der Waals surface area contributed by atoms with Gasteiger partial charge in [-0.3, -0.25) is 0 Å². The van der Waals surface area contributed by atoms with Gasteiger partial charge in [-0.15, -0.1) is 6.58 Å². The van der Waals surface area contributed by atoms with E-state index in [0.717, 1.165) is 18.4 Å². The highest BCUT2D eigenvalue weighted by atomic mass is 16.3. The van der Waals surface area contributed by atoms with Crippen molar-refractivity contribution >= 4 is 0 Å². The van der Waals surface area contributed by atoms with Crippen LogP contribution in [0.4, 0.5) is 0 Å². The molecule has 0 amide bonds. The van der Waals surface area contributed by atoms with Crippen molar-refractivity contribution in [1.29, 1.82) is 0 Å². The Balaban J connectivity index is 3.04. The fourth-order valence-electron chi connectivity index (χ4n) is 2.76. The van der Waals surface area contributed by atoms with Crippen LogP contribution in [0, 0.1) is 11.3 Å². The summed E-state index contributed by atoms with van der Waals surface area (Å²) in [5.74, 6) is 0.167. The lowest BCUT2D eigenvalue weighted by molar-refractivity contribution is 0.0651. The first-order valence-corrected chi connectivity index (χ1v) is 5.55. The van der Waals surface area contributed by atoms with E-state index in [1.165, 1.54) is 5.57 Å². The van der Waals surface area contributed by atoms with E-state index in [0.29, 0.717) is 0 Å². The first-order valence-electron chi connectivity index (χ1n) is 5.55. The van der Waals surface area contributed by atoms with Crippen molar-refractivity contribution in [2.75, 3.05) is 6.61 Å². The fourth-order valence-corrected chi connectivity index (χ4v) is 2.76. The first kappa shape index (κ1) is 12.5. The van der Waals surface area contributed by atoms with Gasteiger partial charge in [0.05, 0.1) is 12.7 Å². The second kappa shape index (κ2) is 4.50. The largest absolute Gasteiger partial charge is 0.392 e. The topological polar surface area (TPSA) is 40.5 Å². The number of allylic oxidation sites excluding steroid dienone is 1. The molecule has 1 aliphatic carbocycles. The van der Waals surface area contributed by atoms with E-state index in [4.69, 9.17) is 0 Å². The molecule has 0 spiro atoms. The van der Waals surface area contributed by atoms with E-state index >= 15 is 0 Å². The summed E-state index contributed by atoms with van der Waals surface area (Å²) in [6, 6.07) is 0. The van der Waals surface area contributed by atoms with Gasteiger partial charge in [0, 0.05) is 0 Å². The Morgan fingerprint density at radius 1 is 1.60 bits per heavy atom. The van der Waals surface area contributed by atoms with Crippen molar-refractivity contribution < 1.29 is 10.2 Å². The summed E-state index contributed by atoms with van der Waals surface area (Å²) in [5.41, 5.74) is 2.22. The van der Waals surface area contributed by atoms with E-state index in [1.807, 2.05) is 0 Å². The molecule has 15 heavy (non-hydrogen) atoms. The number of rotatable bonds is 3. The molecular formula is C13H22O2. The highest BCUT2D eigenvalue weighted by Crippen LogP contribution is 2.45. The SMILES string of the molecule is C=CC(O)C1CCC(C)=C(CO)C1(C)C. The van der Waals surface area contributed by atoms with E-state index in [2.05, 4.69) is 27.4 Å². The quantitative estimate of drug-likeness (QED) is 0.702. The Hall–Kier alpha value is -0.600. The molecule has 2 atom stereocenters. The van der Waals surface area contributed by atoms with E-state index in [-0.39, 0.29) is 17.9 Å². The van der Waals surface area contributed by atoms with E-state index in [1.54, 1.807) is 6.08 Å². The molecule has 2 N–H and O–H groups in total. The third-order valence-corrected chi connectivity index (χ3v) is 3.86. The predicted octanol–water partition coefficient (Wildman–Crippen LogP) is 2.28. The van der Waals surface area contributed by atoms with Gasteiger partial charge in [-0.1, -0.05) is 25.5 Å². The molecule has 1 rings (SSSR count). The Morgan fingerprint density at radius 3 is 2.67 bits per heavy atom. The lowest BCUT2D eigenvalue weighted by Crippen LogP contribution is -2.38. The van der Waals surface area contributed by atoms with Crippen molar-refractivity contribution in [2.24, 2.45) is 11.3 Å². The summed E-state index contributed by atoms with van der Waals surface area (Å²) < 4.78 is 0. The second-order valence-electron chi connectivity index (χ2n) is 5.01. The van der Waals surface area contributed by atoms with Crippen molar-refractivity contribution in [3.05, 3.63) is 23.8 Å². The van der Waals surface area contributed by atoms with Gasteiger partial charge in [0.2, 0.25) is 0 Å². The van der Waals surface area contributed by atoms with Crippen molar-refractivity contribution in [2.45, 2.75) is 39.7 Å². The maximum Gasteiger partial charge on any atom is 0.0754 e. The summed E-state index contributed by atoms with van der Waals surface area (Å²) in [4.78, 5) is 0. The molecule has 2 heteroatoms. The minimum atomic E-state index is -0.477. The lowest BCUT2D eigenvalue weighted by Gasteiger charge is -2.43. The third kappa shape index (κ3) is 2.16. The Kier molecular flexibility index (Phi) is 3.74. The van der Waals surface area contributed by atoms with Gasteiger partial charge in [-0.05, 0) is 36.7 Å². The molecule has 1 aliphatic rings. The molecule has 86 valence electrons. The highest BCUT2D eigenvalue weighted by molar-refractivity contribution is 5.25. The average Bonchev–Trinajstić information content (AvgIpc) is 2.16. The van der Waals surface area contributed by atoms with Crippen LogP contribution in [0.15, 0.2) is 23.8 Å². The van der Waals surface area contributed by atoms with Crippen LogP contribution in [0.2, 0.25) is 0 Å². The van der Waals surface area contributed by atoms with Crippen LogP contribution in [0.1, 0.15) is 33.6 Å². The standard InChI is InChI=1S/C13H22O2/c1-5-12(15)10-7-6-9(2)11(8-14)13(10,3)4/h5,10,12,14-15H,1,6-8H2,2-4H3. The zero-order valence-electron chi connectivity index (χ0n) is 9.95. The van der Waals surface area contributed by atoms with Gasteiger partial charge in [-0.25, -0.2) is 0 Å². The molecular weight excluding hydrogens is 188 g/mol. The summed E-state index contributed by atoms with van der Waals surface area (Å²) >= 11 is 0. The number of aliphatic hydroxyl groups is 2. The monoisotopic (exact) mass is 210 g/mol. The number of aliphatic hydroxyl groups excluding tert-OH is 2. The smallest absolute Gasteiger partial charge is 0.0754 e. The highest BCUT2D eigenvalue weighted by Gasteiger charge is 2.39. The van der Waals surface area contributed by atoms with Crippen LogP contribution in [-0.2, 0) is 0 Å². The van der Waals surface area contributed by atoms with Gasteiger partial charge in [0.15, 0.2) is 0 Å². The Labute approximate surface area is 92.3 Å². The third-order valence-electron chi connectivity index (χ3n) is 3.86. The fraction of sp³-hybridized carbons (Fsp3) is 0.692. The lowest BCUT2D eigenvalue weighted by atomic mass is 9.64. The van der Waals surface area contributed by atoms with Crippen molar-refractivity contribution in [1.82, 2.24) is 0 Å². The zero-order chi connectivity index (χ0) is 11.6. The van der Waals surface area contributed by atoms with Gasteiger partial charge in [-0.2, -0.15) is 0 Å². The Bertz CT molecular complexity index is 276. The van der Waals surface area contributed by atoms with Crippen LogP contribution in [0.25, 0.3) is 0 Å². The minimum Gasteiger partial charge on any atom is -0.392 e. The predicted molar refractivity (Wildman–Crippen MR) is 62.5 cm³/mol. The Morgan fingerprint density at radius 2 is 2.20 bits per heavy atom. The van der Waals surface area contributed by atoms with Gasteiger partial charge < -0.3 is 10.2 Å². The van der Waals surface area contributed by atoms with Crippen LogP contribution >= 0.6 is 0 Å². The molecule has 0 bridgehead atoms. The molecule has 0 saturated heterocycles. The van der Waals surface area contributed by atoms with Crippen LogP contribution in [0.5, 0.6) is 0 Å². The molecule has 0 aliphatic heterocycles. The van der Waals surface area contributed by atoms with Crippen molar-refractivity contribution in [3.8, 4) is 0 Å². The first-order chi connectivity index (χ1) is 6.95. The molecule has 0 heterocycles. The molecule has 0 aromatic heterocycles. The minimum absolute atomic E-state index is 0.0964. The van der Waals surface area contributed by atoms with Gasteiger partial charge in [0.1, 0.15) is 0 Å². The van der Waals surface area contributed by atoms with E-state index in [9.17, 15) is 10.2 Å². The molecule has 0 aromatic rings. The maximum atomic E-state index is 9.90. The summed E-state index contributed by atoms with van der Waals surface area (Å²) in [6.45, 7) is 10.0. The maximum absolute atomic E-state index is 9.90. The zero-order valence-corrected chi connectivity index (χ0v) is 9.95. The molecule has 0 fully saturated rings. The molecule has 0 saturated carbocycles. The normalized spacial score (nSPS) is 27.7. The molecule has 2 unspecified atom stereocenters. The second-order valence-corrected chi connectivity index (χ2v) is 5.01. The van der Waals surface area contributed by atoms with Crippen molar-refractivity contribution in [3.63, 3.8) is 0 Å². The van der Waals surface area contributed by atoms with Crippen LogP contribution in [-0.4, -0.2) is 22.9 Å². The molecule has 0 aromatic carbocycles. The summed E-state index contributed by atoms with van der Waals surface area (Å²) in [6.07, 6.45) is 3.06. The average molecular weight is 210 g/mol. The van der Waals surface area contributed by atoms with Gasteiger partial charge >= 0.3 is 0 Å². The summed E-state index contributed by atoms with van der Waals surface area (Å²) in [7, 11) is 0. The summed E-state index contributed by atoms with van der Waals surface area (Å²) in [5, 5.41) is 19.3. The van der Waals surface area contributed by atoms with Gasteiger partial charge in [0.25, 0.3) is 0 Å². The number of hydrogen-bond donors (Lipinski definition) is 2. The molecule has 0 radical (unpaired) electrons. The number of hydrogen-bond acceptors (Lipinski definition) is 2. The van der Waals surface area contributed by atoms with E-state index < -0.39 is 6.10 Å².